The van der Waals surface area contributed by atoms with E-state index in [2.05, 4.69) is 27.8 Å². The van der Waals surface area contributed by atoms with Gasteiger partial charge < -0.3 is 10.2 Å². The number of halogens is 1. The molecule has 0 bridgehead atoms. The minimum Gasteiger partial charge on any atom is -0.342 e. The van der Waals surface area contributed by atoms with E-state index in [4.69, 9.17) is 0 Å². The molecular weight excluding hydrogens is 332 g/mol. The molecule has 118 valence electrons. The van der Waals surface area contributed by atoms with Crippen LogP contribution in [0.1, 0.15) is 46.0 Å². The molecule has 1 heterocycles. The summed E-state index contributed by atoms with van der Waals surface area (Å²) >= 11 is 3.33. The summed E-state index contributed by atoms with van der Waals surface area (Å²) in [6.45, 7) is 8.18. The normalized spacial score (nSPS) is 27.9. The van der Waals surface area contributed by atoms with Gasteiger partial charge in [0.2, 0.25) is 11.8 Å². The van der Waals surface area contributed by atoms with Crippen LogP contribution in [0.25, 0.3) is 0 Å². The van der Waals surface area contributed by atoms with Gasteiger partial charge in [-0.1, -0.05) is 55.6 Å². The molecule has 0 radical (unpaired) electrons. The molecule has 2 rings (SSSR count). The molecule has 1 saturated heterocycles. The summed E-state index contributed by atoms with van der Waals surface area (Å²) in [7, 11) is 0. The molecular formula is C16H25BrN2O2. The summed E-state index contributed by atoms with van der Waals surface area (Å²) in [5, 5.41) is 3.00. The molecule has 2 unspecified atom stereocenters. The van der Waals surface area contributed by atoms with Gasteiger partial charge in [0.05, 0.1) is 6.54 Å². The molecule has 0 aromatic rings. The average molecular weight is 357 g/mol. The highest BCUT2D eigenvalue weighted by Gasteiger charge is 2.44. The molecule has 21 heavy (non-hydrogen) atoms. The standard InChI is InChI=1S/C16H25BrN2O2/c1-10(2)14-15(20)18-13(12-7-5-4-6-8-12)16(21)19(14)9-11(3)17/h10,12-14H,3-9H2,1-2H3,(H,18,20). The van der Waals surface area contributed by atoms with Crippen LogP contribution >= 0.6 is 15.9 Å². The van der Waals surface area contributed by atoms with Gasteiger partial charge in [0.15, 0.2) is 0 Å². The van der Waals surface area contributed by atoms with Crippen molar-refractivity contribution in [3.8, 4) is 0 Å². The Hall–Kier alpha value is -0.840. The Balaban J connectivity index is 2.21. The van der Waals surface area contributed by atoms with Crippen LogP contribution in [0.2, 0.25) is 0 Å². The van der Waals surface area contributed by atoms with Crippen molar-refractivity contribution in [1.29, 1.82) is 0 Å². The van der Waals surface area contributed by atoms with Crippen molar-refractivity contribution >= 4 is 27.7 Å². The van der Waals surface area contributed by atoms with Crippen LogP contribution in [0.5, 0.6) is 0 Å². The lowest BCUT2D eigenvalue weighted by Gasteiger charge is -2.43. The third kappa shape index (κ3) is 3.68. The van der Waals surface area contributed by atoms with Crippen molar-refractivity contribution in [3.63, 3.8) is 0 Å². The zero-order valence-electron chi connectivity index (χ0n) is 12.9. The van der Waals surface area contributed by atoms with E-state index in [-0.39, 0.29) is 29.7 Å². The average Bonchev–Trinajstić information content (AvgIpc) is 2.42. The molecule has 0 aromatic heterocycles. The lowest BCUT2D eigenvalue weighted by Crippen LogP contribution is -2.66. The van der Waals surface area contributed by atoms with Gasteiger partial charge in [-0.05, 0) is 24.7 Å². The Bertz CT molecular complexity index is 430. The van der Waals surface area contributed by atoms with Crippen LogP contribution in [0.4, 0.5) is 0 Å². The van der Waals surface area contributed by atoms with Crippen LogP contribution in [0, 0.1) is 11.8 Å². The van der Waals surface area contributed by atoms with Gasteiger partial charge >= 0.3 is 0 Å². The van der Waals surface area contributed by atoms with Crippen molar-refractivity contribution in [3.05, 3.63) is 11.1 Å². The number of carbonyl (C=O) groups is 2. The molecule has 2 atom stereocenters. The van der Waals surface area contributed by atoms with Crippen molar-refractivity contribution in [2.24, 2.45) is 11.8 Å². The van der Waals surface area contributed by atoms with Gasteiger partial charge in [0.1, 0.15) is 12.1 Å². The SMILES string of the molecule is C=C(Br)CN1C(=O)C(C2CCCCC2)NC(=O)C1C(C)C. The lowest BCUT2D eigenvalue weighted by atomic mass is 9.81. The quantitative estimate of drug-likeness (QED) is 0.841. The number of hydrogen-bond donors (Lipinski definition) is 1. The summed E-state index contributed by atoms with van der Waals surface area (Å²) in [5.41, 5.74) is 0. The van der Waals surface area contributed by atoms with Crippen LogP contribution in [0.3, 0.4) is 0 Å². The molecule has 5 heteroatoms. The zero-order valence-corrected chi connectivity index (χ0v) is 14.5. The predicted molar refractivity (Wildman–Crippen MR) is 86.9 cm³/mol. The fourth-order valence-corrected chi connectivity index (χ4v) is 3.84. The van der Waals surface area contributed by atoms with Crippen LogP contribution in [0.15, 0.2) is 11.1 Å². The molecule has 2 aliphatic rings. The van der Waals surface area contributed by atoms with E-state index in [9.17, 15) is 9.59 Å². The van der Waals surface area contributed by atoms with Gasteiger partial charge in [-0.3, -0.25) is 9.59 Å². The zero-order chi connectivity index (χ0) is 15.6. The fourth-order valence-electron chi connectivity index (χ4n) is 3.57. The summed E-state index contributed by atoms with van der Waals surface area (Å²) in [4.78, 5) is 27.1. The first-order valence-corrected chi connectivity index (χ1v) is 8.65. The highest BCUT2D eigenvalue weighted by molar-refractivity contribution is 9.11. The molecule has 0 aromatic carbocycles. The first kappa shape index (κ1) is 16.5. The third-order valence-electron chi connectivity index (χ3n) is 4.55. The first-order chi connectivity index (χ1) is 9.91. The number of nitrogens with zero attached hydrogens (tertiary/aromatic N) is 1. The van der Waals surface area contributed by atoms with E-state index in [0.29, 0.717) is 6.54 Å². The van der Waals surface area contributed by atoms with Gasteiger partial charge in [-0.25, -0.2) is 0 Å². The molecule has 2 amide bonds. The number of piperazine rings is 1. The van der Waals surface area contributed by atoms with E-state index in [1.807, 2.05) is 13.8 Å². The maximum Gasteiger partial charge on any atom is 0.246 e. The van der Waals surface area contributed by atoms with Crippen molar-refractivity contribution in [2.75, 3.05) is 6.54 Å². The minimum absolute atomic E-state index is 0.0195. The molecule has 0 spiro atoms. The molecule has 1 aliphatic carbocycles. The van der Waals surface area contributed by atoms with E-state index in [0.717, 1.165) is 30.2 Å². The highest BCUT2D eigenvalue weighted by atomic mass is 79.9. The highest BCUT2D eigenvalue weighted by Crippen LogP contribution is 2.30. The van der Waals surface area contributed by atoms with Gasteiger partial charge in [-0.2, -0.15) is 0 Å². The summed E-state index contributed by atoms with van der Waals surface area (Å²) in [5.74, 6) is 0.414. The predicted octanol–water partition coefficient (Wildman–Crippen LogP) is 2.83. The van der Waals surface area contributed by atoms with Crippen molar-refractivity contribution in [2.45, 2.75) is 58.0 Å². The smallest absolute Gasteiger partial charge is 0.246 e. The Kier molecular flexibility index (Phi) is 5.47. The summed E-state index contributed by atoms with van der Waals surface area (Å²) in [6, 6.07) is -0.744. The van der Waals surface area contributed by atoms with Crippen LogP contribution in [-0.4, -0.2) is 35.3 Å². The molecule has 4 nitrogen and oxygen atoms in total. The van der Waals surface area contributed by atoms with Crippen molar-refractivity contribution < 1.29 is 9.59 Å². The van der Waals surface area contributed by atoms with E-state index in [1.54, 1.807) is 4.90 Å². The van der Waals surface area contributed by atoms with Gasteiger partial charge in [0, 0.05) is 4.48 Å². The molecule has 1 aliphatic heterocycles. The third-order valence-corrected chi connectivity index (χ3v) is 4.80. The number of nitrogens with one attached hydrogen (secondary N) is 1. The van der Waals surface area contributed by atoms with Crippen molar-refractivity contribution in [1.82, 2.24) is 10.2 Å². The first-order valence-electron chi connectivity index (χ1n) is 7.86. The number of carbonyl (C=O) groups excluding carboxylic acids is 2. The minimum atomic E-state index is -0.397. The molecule has 1 N–H and O–H groups in total. The largest absolute Gasteiger partial charge is 0.342 e. The Labute approximate surface area is 135 Å². The molecule has 2 fully saturated rings. The monoisotopic (exact) mass is 356 g/mol. The molecule has 1 saturated carbocycles. The maximum atomic E-state index is 12.9. The van der Waals surface area contributed by atoms with Gasteiger partial charge in [0.25, 0.3) is 0 Å². The second-order valence-electron chi connectivity index (χ2n) is 6.56. The Morgan fingerprint density at radius 2 is 1.95 bits per heavy atom. The second kappa shape index (κ2) is 6.95. The number of amides is 2. The number of rotatable bonds is 4. The van der Waals surface area contributed by atoms with E-state index in [1.165, 1.54) is 6.42 Å². The number of hydrogen-bond acceptors (Lipinski definition) is 2. The summed E-state index contributed by atoms with van der Waals surface area (Å²) in [6.07, 6.45) is 5.62. The summed E-state index contributed by atoms with van der Waals surface area (Å²) < 4.78 is 0.735. The Morgan fingerprint density at radius 1 is 1.33 bits per heavy atom. The maximum absolute atomic E-state index is 12.9. The Morgan fingerprint density at radius 3 is 2.48 bits per heavy atom. The van der Waals surface area contributed by atoms with Gasteiger partial charge in [-0.15, -0.1) is 0 Å². The fraction of sp³-hybridized carbons (Fsp3) is 0.750. The second-order valence-corrected chi connectivity index (χ2v) is 7.68. The topological polar surface area (TPSA) is 49.4 Å². The van der Waals surface area contributed by atoms with E-state index >= 15 is 0 Å². The van der Waals surface area contributed by atoms with E-state index < -0.39 is 6.04 Å². The lowest BCUT2D eigenvalue weighted by molar-refractivity contribution is -0.152. The van der Waals surface area contributed by atoms with Crippen LogP contribution < -0.4 is 5.32 Å². The van der Waals surface area contributed by atoms with Crippen LogP contribution in [-0.2, 0) is 9.59 Å².